The molecule has 41 heavy (non-hydrogen) atoms. The van der Waals surface area contributed by atoms with Crippen LogP contribution in [0, 0.1) is 6.92 Å². The fraction of sp³-hybridized carbons (Fsp3) is 0.355. The molecule has 8 nitrogen and oxygen atoms in total. The van der Waals surface area contributed by atoms with Crippen LogP contribution >= 0.6 is 11.8 Å². The molecule has 0 radical (unpaired) electrons. The van der Waals surface area contributed by atoms with E-state index in [1.54, 1.807) is 50.2 Å². The third-order valence-electron chi connectivity index (χ3n) is 6.56. The molecule has 0 aromatic heterocycles. The van der Waals surface area contributed by atoms with Crippen molar-refractivity contribution < 1.29 is 22.7 Å². The van der Waals surface area contributed by atoms with E-state index in [0.29, 0.717) is 12.4 Å². The number of amides is 2. The van der Waals surface area contributed by atoms with Gasteiger partial charge in [-0.3, -0.25) is 13.9 Å². The summed E-state index contributed by atoms with van der Waals surface area (Å²) in [6.07, 6.45) is 1.91. The van der Waals surface area contributed by atoms with Gasteiger partial charge in [-0.1, -0.05) is 36.4 Å². The van der Waals surface area contributed by atoms with E-state index in [9.17, 15) is 18.0 Å². The average molecular weight is 598 g/mol. The van der Waals surface area contributed by atoms with E-state index in [0.717, 1.165) is 20.3 Å². The molecule has 10 heteroatoms. The normalized spacial score (nSPS) is 12.1. The number of carbonyl (C=O) groups is 2. The highest BCUT2D eigenvalue weighted by Crippen LogP contribution is 2.33. The predicted molar refractivity (Wildman–Crippen MR) is 165 cm³/mol. The molecule has 0 aliphatic rings. The smallest absolute Gasteiger partial charge is 0.264 e. The molecule has 1 N–H and O–H groups in total. The summed E-state index contributed by atoms with van der Waals surface area (Å²) in [5.74, 6) is -0.503. The van der Waals surface area contributed by atoms with Crippen LogP contribution in [0.4, 0.5) is 5.69 Å². The first-order valence-electron chi connectivity index (χ1n) is 13.5. The van der Waals surface area contributed by atoms with Crippen molar-refractivity contribution in [2.75, 3.05) is 23.7 Å². The van der Waals surface area contributed by atoms with Crippen LogP contribution in [0.1, 0.15) is 38.8 Å². The van der Waals surface area contributed by atoms with Crippen LogP contribution in [0.5, 0.6) is 5.75 Å². The van der Waals surface area contributed by atoms with Gasteiger partial charge in [0.25, 0.3) is 10.0 Å². The van der Waals surface area contributed by atoms with E-state index < -0.39 is 28.5 Å². The van der Waals surface area contributed by atoms with Crippen molar-refractivity contribution in [3.05, 3.63) is 83.9 Å². The molecule has 0 heterocycles. The van der Waals surface area contributed by atoms with Crippen LogP contribution in [0.2, 0.25) is 0 Å². The number of carbonyl (C=O) groups excluding carboxylic acids is 2. The molecule has 2 amide bonds. The molecule has 0 aliphatic heterocycles. The van der Waals surface area contributed by atoms with Gasteiger partial charge in [-0.25, -0.2) is 8.42 Å². The Morgan fingerprint density at radius 2 is 1.59 bits per heavy atom. The van der Waals surface area contributed by atoms with E-state index in [4.69, 9.17) is 4.74 Å². The summed E-state index contributed by atoms with van der Waals surface area (Å²) in [4.78, 5) is 29.6. The van der Waals surface area contributed by atoms with E-state index in [1.807, 2.05) is 51.3 Å². The molecular weight excluding hydrogens is 558 g/mol. The van der Waals surface area contributed by atoms with E-state index in [1.165, 1.54) is 28.8 Å². The molecule has 3 aromatic rings. The number of nitrogens with zero attached hydrogens (tertiary/aromatic N) is 2. The molecule has 3 rings (SSSR count). The minimum absolute atomic E-state index is 0.0467. The topological polar surface area (TPSA) is 96.0 Å². The standard InChI is InChI=1S/C31H39N3O5S2/c1-7-39-29-15-11-10-14-28(29)34(41(37,38)27-18-16-26(40-6)17-19-27)21-30(35)33(24(5)31(36)32-22(2)3)20-25-13-9-8-12-23(25)4/h8-19,22,24H,7,20-21H2,1-6H3,(H,32,36)/t24-/m0/s1. The Labute approximate surface area is 248 Å². The molecule has 0 fully saturated rings. The molecule has 0 unspecified atom stereocenters. The highest BCUT2D eigenvalue weighted by Gasteiger charge is 2.34. The Hall–Kier alpha value is -3.50. The number of rotatable bonds is 13. The van der Waals surface area contributed by atoms with Gasteiger partial charge in [0.2, 0.25) is 11.8 Å². The van der Waals surface area contributed by atoms with Crippen molar-refractivity contribution in [1.29, 1.82) is 0 Å². The number of nitrogens with one attached hydrogen (secondary N) is 1. The Kier molecular flexibility index (Phi) is 11.3. The predicted octanol–water partition coefficient (Wildman–Crippen LogP) is 5.25. The number of ether oxygens (including phenoxy) is 1. The number of thioether (sulfide) groups is 1. The first-order valence-corrected chi connectivity index (χ1v) is 16.2. The summed E-state index contributed by atoms with van der Waals surface area (Å²) in [5, 5.41) is 2.87. The first-order chi connectivity index (χ1) is 19.5. The number of aryl methyl sites for hydroxylation is 1. The number of hydrogen-bond acceptors (Lipinski definition) is 6. The fourth-order valence-electron chi connectivity index (χ4n) is 4.29. The lowest BCUT2D eigenvalue weighted by Crippen LogP contribution is -2.52. The molecule has 0 spiro atoms. The first kappa shape index (κ1) is 32.0. The molecule has 220 valence electrons. The molecule has 0 bridgehead atoms. The lowest BCUT2D eigenvalue weighted by molar-refractivity contribution is -0.139. The second kappa shape index (κ2) is 14.4. The zero-order valence-electron chi connectivity index (χ0n) is 24.5. The Bertz CT molecular complexity index is 1440. The highest BCUT2D eigenvalue weighted by atomic mass is 32.2. The van der Waals surface area contributed by atoms with Gasteiger partial charge in [-0.15, -0.1) is 11.8 Å². The second-order valence-corrected chi connectivity index (χ2v) is 12.6. The molecule has 0 saturated heterocycles. The third kappa shape index (κ3) is 8.04. The third-order valence-corrected chi connectivity index (χ3v) is 9.08. The van der Waals surface area contributed by atoms with Gasteiger partial charge in [0.05, 0.1) is 17.2 Å². The number of hydrogen-bond donors (Lipinski definition) is 1. The van der Waals surface area contributed by atoms with E-state index in [2.05, 4.69) is 5.32 Å². The minimum Gasteiger partial charge on any atom is -0.492 e. The maximum Gasteiger partial charge on any atom is 0.264 e. The average Bonchev–Trinajstić information content (AvgIpc) is 2.95. The molecular formula is C31H39N3O5S2. The van der Waals surface area contributed by atoms with Crippen molar-refractivity contribution in [2.45, 2.75) is 63.0 Å². The second-order valence-electron chi connectivity index (χ2n) is 9.88. The SMILES string of the molecule is CCOc1ccccc1N(CC(=O)N(Cc1ccccc1C)[C@@H](C)C(=O)NC(C)C)S(=O)(=O)c1ccc(SC)cc1. The van der Waals surface area contributed by atoms with Crippen LogP contribution in [0.25, 0.3) is 0 Å². The maximum absolute atomic E-state index is 14.1. The van der Waals surface area contributed by atoms with Crippen molar-refractivity contribution >= 4 is 39.3 Å². The van der Waals surface area contributed by atoms with Crippen molar-refractivity contribution in [3.63, 3.8) is 0 Å². The molecule has 1 atom stereocenters. The summed E-state index contributed by atoms with van der Waals surface area (Å²) in [6, 6.07) is 19.9. The molecule has 0 aliphatic carbocycles. The Morgan fingerprint density at radius 1 is 0.951 bits per heavy atom. The van der Waals surface area contributed by atoms with Gasteiger partial charge in [-0.05, 0) is 88.4 Å². The van der Waals surface area contributed by atoms with Gasteiger partial charge in [0.15, 0.2) is 0 Å². The minimum atomic E-state index is -4.20. The summed E-state index contributed by atoms with van der Waals surface area (Å²) >= 11 is 1.50. The lowest BCUT2D eigenvalue weighted by Gasteiger charge is -2.33. The van der Waals surface area contributed by atoms with E-state index in [-0.39, 0.29) is 29.1 Å². The Morgan fingerprint density at radius 3 is 2.20 bits per heavy atom. The van der Waals surface area contributed by atoms with Crippen LogP contribution in [-0.4, -0.2) is 56.6 Å². The van der Waals surface area contributed by atoms with E-state index >= 15 is 0 Å². The van der Waals surface area contributed by atoms with Crippen LogP contribution < -0.4 is 14.4 Å². The van der Waals surface area contributed by atoms with Gasteiger partial charge in [-0.2, -0.15) is 0 Å². The van der Waals surface area contributed by atoms with Gasteiger partial charge in [0.1, 0.15) is 18.3 Å². The quantitative estimate of drug-likeness (QED) is 0.270. The molecule has 0 saturated carbocycles. The van der Waals surface area contributed by atoms with Crippen molar-refractivity contribution in [1.82, 2.24) is 10.2 Å². The van der Waals surface area contributed by atoms with Crippen molar-refractivity contribution in [2.24, 2.45) is 0 Å². The van der Waals surface area contributed by atoms with Crippen LogP contribution in [0.15, 0.2) is 82.6 Å². The van der Waals surface area contributed by atoms with Crippen molar-refractivity contribution in [3.8, 4) is 5.75 Å². The zero-order chi connectivity index (χ0) is 30.2. The van der Waals surface area contributed by atoms with Crippen LogP contribution in [0.3, 0.4) is 0 Å². The summed E-state index contributed by atoms with van der Waals surface area (Å²) in [6.45, 7) is 9.02. The number of para-hydroxylation sites is 2. The van der Waals surface area contributed by atoms with Gasteiger partial charge >= 0.3 is 0 Å². The molecule has 3 aromatic carbocycles. The summed E-state index contributed by atoms with van der Waals surface area (Å²) in [7, 11) is -4.20. The zero-order valence-corrected chi connectivity index (χ0v) is 26.1. The lowest BCUT2D eigenvalue weighted by atomic mass is 10.1. The summed E-state index contributed by atoms with van der Waals surface area (Å²) < 4.78 is 35.1. The van der Waals surface area contributed by atoms with Crippen LogP contribution in [-0.2, 0) is 26.2 Å². The number of anilines is 1. The summed E-state index contributed by atoms with van der Waals surface area (Å²) in [5.41, 5.74) is 2.07. The number of sulfonamides is 1. The highest BCUT2D eigenvalue weighted by molar-refractivity contribution is 7.98. The van der Waals surface area contributed by atoms with Gasteiger partial charge < -0.3 is 15.0 Å². The monoisotopic (exact) mass is 597 g/mol. The largest absolute Gasteiger partial charge is 0.492 e. The fourth-order valence-corrected chi connectivity index (χ4v) is 6.12. The van der Waals surface area contributed by atoms with Gasteiger partial charge in [0, 0.05) is 17.5 Å². The Balaban J connectivity index is 2.10. The maximum atomic E-state index is 14.1. The number of benzene rings is 3.